The molecular weight excluding hydrogens is 499 g/mol. The van der Waals surface area contributed by atoms with E-state index in [9.17, 15) is 4.39 Å². The lowest BCUT2D eigenvalue weighted by atomic mass is 10.1. The van der Waals surface area contributed by atoms with E-state index in [1.165, 1.54) is 10.6 Å². The largest absolute Gasteiger partial charge is 0.368 e. The number of rotatable bonds is 6. The topological polar surface area (TPSA) is 135 Å². The van der Waals surface area contributed by atoms with Crippen LogP contribution in [0.3, 0.4) is 0 Å². The second-order valence-electron chi connectivity index (χ2n) is 9.43. The van der Waals surface area contributed by atoms with Crippen molar-refractivity contribution in [1.29, 1.82) is 0 Å². The van der Waals surface area contributed by atoms with Crippen molar-refractivity contribution >= 4 is 28.3 Å². The monoisotopic (exact) mass is 524 g/mol. The molecule has 0 saturated carbocycles. The molecule has 0 unspecified atom stereocenters. The summed E-state index contributed by atoms with van der Waals surface area (Å²) in [4.78, 5) is 18.0. The standard InChI is InChI=1S/C26H25FN12/c27-19-5-4-17(20-6-8-30-34-20)15-22(19)37-12-9-36(10-13-37)11-14-38-24-18(16-31-38)25-32-23(21-3-1-2-7-29-21)35-39(25)26(28)33-24/h1-8,15-16H,9-14H2,(H2,28,33)(H,30,34). The van der Waals surface area contributed by atoms with Crippen molar-refractivity contribution in [3.8, 4) is 22.8 Å². The molecule has 0 bridgehead atoms. The molecule has 6 aromatic rings. The number of nitrogens with two attached hydrogens (primary N) is 1. The average Bonchev–Trinajstić information content (AvgIpc) is 3.74. The van der Waals surface area contributed by atoms with Crippen LogP contribution in [-0.2, 0) is 6.54 Å². The van der Waals surface area contributed by atoms with Gasteiger partial charge in [-0.1, -0.05) is 6.07 Å². The number of benzene rings is 1. The van der Waals surface area contributed by atoms with Gasteiger partial charge in [-0.3, -0.25) is 15.0 Å². The molecule has 7 rings (SSSR count). The number of anilines is 2. The van der Waals surface area contributed by atoms with Crippen LogP contribution in [0.15, 0.2) is 61.1 Å². The van der Waals surface area contributed by atoms with Gasteiger partial charge in [-0.25, -0.2) is 14.1 Å². The molecular formula is C26H25FN12. The summed E-state index contributed by atoms with van der Waals surface area (Å²) >= 11 is 0. The third kappa shape index (κ3) is 4.22. The fraction of sp³-hybridized carbons (Fsp3) is 0.231. The van der Waals surface area contributed by atoms with Gasteiger partial charge in [-0.15, -0.1) is 5.10 Å². The number of hydrogen-bond acceptors (Lipinski definition) is 9. The molecule has 39 heavy (non-hydrogen) atoms. The van der Waals surface area contributed by atoms with Gasteiger partial charge in [0.2, 0.25) is 11.8 Å². The molecule has 5 aromatic heterocycles. The van der Waals surface area contributed by atoms with E-state index in [1.807, 2.05) is 35.0 Å². The highest BCUT2D eigenvalue weighted by atomic mass is 19.1. The maximum atomic E-state index is 14.7. The van der Waals surface area contributed by atoms with E-state index in [0.29, 0.717) is 35.0 Å². The van der Waals surface area contributed by atoms with Crippen molar-refractivity contribution in [3.63, 3.8) is 0 Å². The minimum absolute atomic E-state index is 0.218. The van der Waals surface area contributed by atoms with Crippen LogP contribution in [0, 0.1) is 5.82 Å². The Morgan fingerprint density at radius 1 is 0.949 bits per heavy atom. The van der Waals surface area contributed by atoms with Crippen LogP contribution in [0.25, 0.3) is 39.5 Å². The molecule has 1 aromatic carbocycles. The van der Waals surface area contributed by atoms with E-state index in [1.54, 1.807) is 24.7 Å². The number of pyridine rings is 1. The van der Waals surface area contributed by atoms with Crippen molar-refractivity contribution in [2.45, 2.75) is 6.54 Å². The summed E-state index contributed by atoms with van der Waals surface area (Å²) in [5.74, 6) is 0.500. The van der Waals surface area contributed by atoms with Crippen LogP contribution >= 0.6 is 0 Å². The maximum Gasteiger partial charge on any atom is 0.225 e. The molecule has 0 radical (unpaired) electrons. The number of piperazine rings is 1. The highest BCUT2D eigenvalue weighted by Crippen LogP contribution is 2.27. The molecule has 0 aliphatic carbocycles. The fourth-order valence-electron chi connectivity index (χ4n) is 5.01. The first-order valence-electron chi connectivity index (χ1n) is 12.7. The van der Waals surface area contributed by atoms with Gasteiger partial charge in [-0.2, -0.15) is 19.7 Å². The van der Waals surface area contributed by atoms with Crippen LogP contribution in [0.2, 0.25) is 0 Å². The SMILES string of the molecule is Nc1nc2c(cnn2CCN2CCN(c3cc(-c4ccn[nH]4)ccc3F)CC2)c2nc(-c3ccccn3)nn12. The molecule has 13 heteroatoms. The van der Waals surface area contributed by atoms with E-state index in [2.05, 4.69) is 45.1 Å². The first kappa shape index (κ1) is 23.2. The molecule has 3 N–H and O–H groups in total. The Morgan fingerprint density at radius 2 is 1.85 bits per heavy atom. The smallest absolute Gasteiger partial charge is 0.225 e. The molecule has 1 aliphatic rings. The van der Waals surface area contributed by atoms with Gasteiger partial charge in [0.1, 0.15) is 11.5 Å². The van der Waals surface area contributed by atoms with Gasteiger partial charge in [0.05, 0.1) is 29.5 Å². The molecule has 196 valence electrons. The van der Waals surface area contributed by atoms with E-state index in [4.69, 9.17) is 5.73 Å². The van der Waals surface area contributed by atoms with Gasteiger partial charge in [0.25, 0.3) is 0 Å². The Balaban J connectivity index is 1.05. The molecule has 0 spiro atoms. The van der Waals surface area contributed by atoms with Crippen LogP contribution in [0.1, 0.15) is 0 Å². The number of fused-ring (bicyclic) bond motifs is 3. The van der Waals surface area contributed by atoms with Crippen LogP contribution < -0.4 is 10.6 Å². The highest BCUT2D eigenvalue weighted by molar-refractivity contribution is 5.90. The zero-order valence-electron chi connectivity index (χ0n) is 20.9. The van der Waals surface area contributed by atoms with E-state index in [-0.39, 0.29) is 11.8 Å². The van der Waals surface area contributed by atoms with Crippen molar-refractivity contribution in [2.24, 2.45) is 0 Å². The van der Waals surface area contributed by atoms with Crippen molar-refractivity contribution in [3.05, 3.63) is 66.9 Å². The van der Waals surface area contributed by atoms with Gasteiger partial charge < -0.3 is 10.6 Å². The van der Waals surface area contributed by atoms with Crippen molar-refractivity contribution < 1.29 is 4.39 Å². The Kier molecular flexibility index (Phi) is 5.62. The number of nitrogens with one attached hydrogen (secondary N) is 1. The summed E-state index contributed by atoms with van der Waals surface area (Å²) in [6.07, 6.45) is 5.14. The lowest BCUT2D eigenvalue weighted by Crippen LogP contribution is -2.47. The Morgan fingerprint density at radius 3 is 2.64 bits per heavy atom. The molecule has 1 aliphatic heterocycles. The average molecular weight is 525 g/mol. The number of halogens is 1. The van der Waals surface area contributed by atoms with Crippen LogP contribution in [-0.4, -0.2) is 82.2 Å². The van der Waals surface area contributed by atoms with Crippen LogP contribution in [0.5, 0.6) is 0 Å². The van der Waals surface area contributed by atoms with E-state index >= 15 is 0 Å². The fourth-order valence-corrected chi connectivity index (χ4v) is 5.01. The number of nitrogen functional groups attached to an aromatic ring is 1. The van der Waals surface area contributed by atoms with Crippen LogP contribution in [0.4, 0.5) is 16.0 Å². The summed E-state index contributed by atoms with van der Waals surface area (Å²) < 4.78 is 18.1. The van der Waals surface area contributed by atoms with E-state index in [0.717, 1.165) is 49.4 Å². The molecule has 1 saturated heterocycles. The number of nitrogens with zero attached hydrogens (tertiary/aromatic N) is 10. The summed E-state index contributed by atoms with van der Waals surface area (Å²) in [6, 6.07) is 12.6. The number of aromatic nitrogens is 9. The third-order valence-electron chi connectivity index (χ3n) is 7.09. The molecule has 6 heterocycles. The van der Waals surface area contributed by atoms with Gasteiger partial charge in [0, 0.05) is 50.7 Å². The normalized spacial score (nSPS) is 14.5. The predicted octanol–water partition coefficient (Wildman–Crippen LogP) is 2.47. The first-order chi connectivity index (χ1) is 19.1. The van der Waals surface area contributed by atoms with Gasteiger partial charge in [-0.05, 0) is 36.4 Å². The molecule has 1 fully saturated rings. The minimum Gasteiger partial charge on any atom is -0.368 e. The second kappa shape index (κ2) is 9.44. The van der Waals surface area contributed by atoms with Gasteiger partial charge in [0.15, 0.2) is 11.3 Å². The predicted molar refractivity (Wildman–Crippen MR) is 144 cm³/mol. The summed E-state index contributed by atoms with van der Waals surface area (Å²) in [7, 11) is 0. The Labute approximate surface area is 221 Å². The second-order valence-corrected chi connectivity index (χ2v) is 9.43. The minimum atomic E-state index is -0.218. The molecule has 0 amide bonds. The quantitative estimate of drug-likeness (QED) is 0.337. The summed E-state index contributed by atoms with van der Waals surface area (Å²) in [5, 5.41) is 16.8. The lowest BCUT2D eigenvalue weighted by molar-refractivity contribution is 0.245. The highest BCUT2D eigenvalue weighted by Gasteiger charge is 2.21. The third-order valence-corrected chi connectivity index (χ3v) is 7.09. The zero-order valence-corrected chi connectivity index (χ0v) is 20.9. The molecule has 12 nitrogen and oxygen atoms in total. The maximum absolute atomic E-state index is 14.7. The number of hydrogen-bond donors (Lipinski definition) is 2. The number of H-pyrrole nitrogens is 1. The molecule has 0 atom stereocenters. The Bertz CT molecular complexity index is 1750. The summed E-state index contributed by atoms with van der Waals surface area (Å²) in [5.41, 5.74) is 10.6. The summed E-state index contributed by atoms with van der Waals surface area (Å²) in [6.45, 7) is 4.49. The van der Waals surface area contributed by atoms with Gasteiger partial charge >= 0.3 is 0 Å². The zero-order chi connectivity index (χ0) is 26.3. The van der Waals surface area contributed by atoms with E-state index < -0.39 is 0 Å². The Hall–Kier alpha value is -4.91. The van der Waals surface area contributed by atoms with Crippen molar-refractivity contribution in [2.75, 3.05) is 43.4 Å². The van der Waals surface area contributed by atoms with Crippen molar-refractivity contribution in [1.82, 2.24) is 49.4 Å². The number of aromatic amines is 1. The lowest BCUT2D eigenvalue weighted by Gasteiger charge is -2.36. The first-order valence-corrected chi connectivity index (χ1v) is 12.7.